The van der Waals surface area contributed by atoms with E-state index in [1.807, 2.05) is 5.38 Å². The molecule has 0 radical (unpaired) electrons. The van der Waals surface area contributed by atoms with Crippen LogP contribution < -0.4 is 11.3 Å². The number of thiophene rings is 1. The smallest absolute Gasteiger partial charge is 0.278 e. The van der Waals surface area contributed by atoms with Crippen LogP contribution in [0.1, 0.15) is 0 Å². The zero-order valence-electron chi connectivity index (χ0n) is 8.32. The predicted molar refractivity (Wildman–Crippen MR) is 67.2 cm³/mol. The summed E-state index contributed by atoms with van der Waals surface area (Å²) in [6.45, 7) is 0. The van der Waals surface area contributed by atoms with Gasteiger partial charge in [0.25, 0.3) is 5.56 Å². The summed E-state index contributed by atoms with van der Waals surface area (Å²) in [5.74, 6) is 0.557. The molecule has 3 rings (SSSR count). The van der Waals surface area contributed by atoms with Crippen LogP contribution in [0.5, 0.6) is 0 Å². The van der Waals surface area contributed by atoms with Gasteiger partial charge in [-0.05, 0) is 11.4 Å². The third-order valence-corrected chi connectivity index (χ3v) is 3.56. The molecule has 8 heteroatoms. The number of fused-ring (bicyclic) bond motifs is 1. The second kappa shape index (κ2) is 3.57. The molecular weight excluding hydrogens is 262 g/mol. The molecule has 4 N–H and O–H groups in total. The number of nitrogens with one attached hydrogen (secondary N) is 2. The normalized spacial score (nSPS) is 11.1. The molecule has 0 saturated heterocycles. The molecule has 0 spiro atoms. The van der Waals surface area contributed by atoms with Gasteiger partial charge in [-0.15, -0.1) is 11.3 Å². The van der Waals surface area contributed by atoms with Crippen LogP contribution in [-0.4, -0.2) is 19.9 Å². The summed E-state index contributed by atoms with van der Waals surface area (Å²) in [4.78, 5) is 25.8. The monoisotopic (exact) mass is 267 g/mol. The maximum Gasteiger partial charge on any atom is 0.278 e. The number of aromatic nitrogens is 4. The molecule has 0 aliphatic heterocycles. The highest BCUT2D eigenvalue weighted by molar-refractivity contribution is 7.14. The average Bonchev–Trinajstić information content (AvgIpc) is 2.83. The van der Waals surface area contributed by atoms with Crippen molar-refractivity contribution in [2.75, 3.05) is 5.73 Å². The number of hydrogen-bond acceptors (Lipinski definition) is 5. The number of imidazole rings is 1. The lowest BCUT2D eigenvalue weighted by molar-refractivity contribution is 1.17. The molecule has 0 bridgehead atoms. The second-order valence-electron chi connectivity index (χ2n) is 3.33. The summed E-state index contributed by atoms with van der Waals surface area (Å²) in [7, 11) is 0. The minimum absolute atomic E-state index is 0.0397. The van der Waals surface area contributed by atoms with Gasteiger partial charge in [0.05, 0.1) is 9.90 Å². The lowest BCUT2D eigenvalue weighted by Crippen LogP contribution is -2.10. The van der Waals surface area contributed by atoms with E-state index in [-0.39, 0.29) is 17.2 Å². The standard InChI is InChI=1S/C9H6ClN5OS/c10-3-1-2-17-5(3)7-12-4-6(13-7)14-9(11)15-8(4)16/h1-2H,(H4,11,12,13,14,15,16). The Morgan fingerprint density at radius 1 is 1.35 bits per heavy atom. The van der Waals surface area contributed by atoms with Gasteiger partial charge in [0.1, 0.15) is 0 Å². The van der Waals surface area contributed by atoms with E-state index < -0.39 is 0 Å². The fourth-order valence-electron chi connectivity index (χ4n) is 1.49. The van der Waals surface area contributed by atoms with Crippen molar-refractivity contribution < 1.29 is 0 Å². The highest BCUT2D eigenvalue weighted by atomic mass is 35.5. The Hall–Kier alpha value is -1.86. The van der Waals surface area contributed by atoms with Crippen LogP contribution in [0.3, 0.4) is 0 Å². The van der Waals surface area contributed by atoms with Gasteiger partial charge in [-0.25, -0.2) is 4.98 Å². The van der Waals surface area contributed by atoms with E-state index >= 15 is 0 Å². The second-order valence-corrected chi connectivity index (χ2v) is 4.66. The molecule has 0 fully saturated rings. The number of hydrogen-bond donors (Lipinski definition) is 3. The van der Waals surface area contributed by atoms with E-state index in [0.29, 0.717) is 16.4 Å². The third kappa shape index (κ3) is 1.60. The Morgan fingerprint density at radius 3 is 2.88 bits per heavy atom. The molecule has 86 valence electrons. The number of nitrogens with zero attached hydrogens (tertiary/aromatic N) is 2. The average molecular weight is 268 g/mol. The Kier molecular flexibility index (Phi) is 2.17. The molecule has 0 atom stereocenters. The summed E-state index contributed by atoms with van der Waals surface area (Å²) >= 11 is 7.42. The fourth-order valence-corrected chi connectivity index (χ4v) is 2.58. The van der Waals surface area contributed by atoms with Gasteiger partial charge in [0.15, 0.2) is 17.0 Å². The van der Waals surface area contributed by atoms with E-state index in [1.165, 1.54) is 11.3 Å². The first-order valence-corrected chi connectivity index (χ1v) is 5.90. The number of nitrogens with two attached hydrogens (primary N) is 1. The number of nitrogen functional groups attached to an aromatic ring is 1. The predicted octanol–water partition coefficient (Wildman–Crippen LogP) is 1.61. The Labute approximate surface area is 103 Å². The van der Waals surface area contributed by atoms with Crippen LogP contribution in [0.25, 0.3) is 21.9 Å². The molecular formula is C9H6ClN5OS. The molecule has 0 aromatic carbocycles. The van der Waals surface area contributed by atoms with Crippen molar-refractivity contribution in [1.29, 1.82) is 0 Å². The van der Waals surface area contributed by atoms with Crippen LogP contribution in [0.15, 0.2) is 16.2 Å². The number of H-pyrrole nitrogens is 2. The van der Waals surface area contributed by atoms with E-state index in [1.54, 1.807) is 6.07 Å². The first-order chi connectivity index (χ1) is 8.15. The van der Waals surface area contributed by atoms with Crippen molar-refractivity contribution >= 4 is 40.0 Å². The Bertz CT molecular complexity index is 758. The first-order valence-electron chi connectivity index (χ1n) is 4.64. The van der Waals surface area contributed by atoms with Crippen LogP contribution in [0.2, 0.25) is 5.02 Å². The first kappa shape index (κ1) is 10.3. The molecule has 0 aliphatic rings. The van der Waals surface area contributed by atoms with Crippen LogP contribution in [0.4, 0.5) is 5.95 Å². The SMILES string of the molecule is Nc1nc2nc(-c3sccc3Cl)[nH]c2c(=O)[nH]1. The zero-order chi connectivity index (χ0) is 12.0. The molecule has 3 aromatic heterocycles. The van der Waals surface area contributed by atoms with Gasteiger partial charge in [-0.2, -0.15) is 4.98 Å². The van der Waals surface area contributed by atoms with Gasteiger partial charge in [-0.3, -0.25) is 9.78 Å². The number of halogens is 1. The number of rotatable bonds is 1. The summed E-state index contributed by atoms with van der Waals surface area (Å²) in [6.07, 6.45) is 0. The van der Waals surface area contributed by atoms with E-state index in [4.69, 9.17) is 17.3 Å². The number of anilines is 1. The van der Waals surface area contributed by atoms with Crippen molar-refractivity contribution in [3.05, 3.63) is 26.8 Å². The van der Waals surface area contributed by atoms with Crippen LogP contribution in [0, 0.1) is 0 Å². The minimum Gasteiger partial charge on any atom is -0.369 e. The van der Waals surface area contributed by atoms with Crippen molar-refractivity contribution in [1.82, 2.24) is 19.9 Å². The molecule has 0 saturated carbocycles. The van der Waals surface area contributed by atoms with Crippen molar-refractivity contribution in [2.24, 2.45) is 0 Å². The van der Waals surface area contributed by atoms with Gasteiger partial charge in [0.2, 0.25) is 5.95 Å². The van der Waals surface area contributed by atoms with Crippen molar-refractivity contribution in [3.8, 4) is 10.7 Å². The molecule has 0 aliphatic carbocycles. The quantitative estimate of drug-likeness (QED) is 0.623. The maximum absolute atomic E-state index is 11.6. The van der Waals surface area contributed by atoms with E-state index in [0.717, 1.165) is 4.88 Å². The van der Waals surface area contributed by atoms with Gasteiger partial charge in [0, 0.05) is 0 Å². The molecule has 17 heavy (non-hydrogen) atoms. The molecule has 3 heterocycles. The lowest BCUT2D eigenvalue weighted by Gasteiger charge is -1.89. The summed E-state index contributed by atoms with van der Waals surface area (Å²) < 4.78 is 0. The Balaban J connectivity index is 2.31. The molecule has 0 amide bonds. The topological polar surface area (TPSA) is 100 Å². The minimum atomic E-state index is -0.348. The molecule has 6 nitrogen and oxygen atoms in total. The highest BCUT2D eigenvalue weighted by Crippen LogP contribution is 2.31. The van der Waals surface area contributed by atoms with Gasteiger partial charge in [-0.1, -0.05) is 11.6 Å². The highest BCUT2D eigenvalue weighted by Gasteiger charge is 2.13. The van der Waals surface area contributed by atoms with Crippen molar-refractivity contribution in [3.63, 3.8) is 0 Å². The van der Waals surface area contributed by atoms with Crippen molar-refractivity contribution in [2.45, 2.75) is 0 Å². The van der Waals surface area contributed by atoms with E-state index in [9.17, 15) is 4.79 Å². The van der Waals surface area contributed by atoms with E-state index in [2.05, 4.69) is 19.9 Å². The summed E-state index contributed by atoms with van der Waals surface area (Å²) in [5.41, 5.74) is 5.66. The third-order valence-electron chi connectivity index (χ3n) is 2.21. The zero-order valence-corrected chi connectivity index (χ0v) is 9.89. The van der Waals surface area contributed by atoms with Gasteiger partial charge < -0.3 is 10.7 Å². The Morgan fingerprint density at radius 2 is 2.18 bits per heavy atom. The van der Waals surface area contributed by atoms with Crippen LogP contribution in [-0.2, 0) is 0 Å². The molecule has 3 aromatic rings. The molecule has 0 unspecified atom stereocenters. The largest absolute Gasteiger partial charge is 0.369 e. The lowest BCUT2D eigenvalue weighted by atomic mass is 10.4. The summed E-state index contributed by atoms with van der Waals surface area (Å²) in [5, 5.41) is 2.43. The summed E-state index contributed by atoms with van der Waals surface area (Å²) in [6, 6.07) is 1.76. The van der Waals surface area contributed by atoms with Gasteiger partial charge >= 0.3 is 0 Å². The van der Waals surface area contributed by atoms with Crippen LogP contribution >= 0.6 is 22.9 Å². The maximum atomic E-state index is 11.6. The number of aromatic amines is 2. The fraction of sp³-hybridized carbons (Fsp3) is 0.